The van der Waals surface area contributed by atoms with E-state index in [9.17, 15) is 4.39 Å². The van der Waals surface area contributed by atoms with Gasteiger partial charge in [-0.2, -0.15) is 0 Å². The quantitative estimate of drug-likeness (QED) is 0.552. The molecule has 2 aromatic carbocycles. The summed E-state index contributed by atoms with van der Waals surface area (Å²) in [5, 5.41) is 0.764. The summed E-state index contributed by atoms with van der Waals surface area (Å²) in [6.45, 7) is 3.75. The molecule has 0 amide bonds. The molecule has 3 heterocycles. The molecule has 0 saturated carbocycles. The van der Waals surface area contributed by atoms with Crippen molar-refractivity contribution in [1.82, 2.24) is 19.5 Å². The molecule has 1 aliphatic rings. The molecule has 0 bridgehead atoms. The van der Waals surface area contributed by atoms with Gasteiger partial charge in [-0.1, -0.05) is 12.1 Å². The van der Waals surface area contributed by atoms with E-state index >= 15 is 0 Å². The van der Waals surface area contributed by atoms with Crippen LogP contribution in [0, 0.1) is 12.7 Å². The summed E-state index contributed by atoms with van der Waals surface area (Å²) in [6, 6.07) is 13.2. The molecule has 0 N–H and O–H groups in total. The van der Waals surface area contributed by atoms with E-state index in [1.54, 1.807) is 12.4 Å². The third-order valence-electron chi connectivity index (χ3n) is 5.18. The summed E-state index contributed by atoms with van der Waals surface area (Å²) in [5.74, 6) is 1.57. The van der Waals surface area contributed by atoms with Crippen LogP contribution >= 0.6 is 0 Å². The molecule has 1 atom stereocenters. The number of halogens is 1. The van der Waals surface area contributed by atoms with Crippen LogP contribution in [0.15, 0.2) is 48.8 Å². The van der Waals surface area contributed by atoms with Gasteiger partial charge in [0.25, 0.3) is 0 Å². The lowest BCUT2D eigenvalue weighted by atomic mass is 10.2. The van der Waals surface area contributed by atoms with Gasteiger partial charge in [-0.15, -0.1) is 0 Å². The van der Waals surface area contributed by atoms with E-state index in [2.05, 4.69) is 37.4 Å². The van der Waals surface area contributed by atoms with Gasteiger partial charge in [-0.05, 0) is 43.7 Å². The Morgan fingerprint density at radius 2 is 1.96 bits per heavy atom. The highest BCUT2D eigenvalue weighted by Gasteiger charge is 2.28. The zero-order valence-corrected chi connectivity index (χ0v) is 14.4. The van der Waals surface area contributed by atoms with Crippen LogP contribution < -0.4 is 4.90 Å². The molecule has 5 rings (SSSR count). The summed E-state index contributed by atoms with van der Waals surface area (Å²) in [5.41, 5.74) is 2.96. The van der Waals surface area contributed by atoms with Gasteiger partial charge in [0.05, 0.1) is 22.6 Å². The van der Waals surface area contributed by atoms with Gasteiger partial charge in [-0.25, -0.2) is 19.3 Å². The number of rotatable bonds is 2. The van der Waals surface area contributed by atoms with Crippen molar-refractivity contribution in [2.24, 2.45) is 0 Å². The fourth-order valence-electron chi connectivity index (χ4n) is 4.04. The first-order valence-corrected chi connectivity index (χ1v) is 8.79. The first-order valence-electron chi connectivity index (χ1n) is 8.79. The molecule has 0 radical (unpaired) electrons. The third-order valence-corrected chi connectivity index (χ3v) is 5.18. The number of nitrogens with zero attached hydrogens (tertiary/aromatic N) is 5. The van der Waals surface area contributed by atoms with E-state index in [1.165, 1.54) is 12.1 Å². The van der Waals surface area contributed by atoms with Crippen LogP contribution in [0.4, 0.5) is 10.2 Å². The topological polar surface area (TPSA) is 46.8 Å². The number of aryl methyl sites for hydroxylation is 1. The van der Waals surface area contributed by atoms with E-state index in [4.69, 9.17) is 0 Å². The van der Waals surface area contributed by atoms with Crippen LogP contribution in [0.25, 0.3) is 21.9 Å². The van der Waals surface area contributed by atoms with Crippen molar-refractivity contribution in [2.75, 3.05) is 18.0 Å². The van der Waals surface area contributed by atoms with Crippen molar-refractivity contribution in [2.45, 2.75) is 19.4 Å². The first-order chi connectivity index (χ1) is 12.7. The molecular weight excluding hydrogens is 329 g/mol. The Bertz CT molecular complexity index is 1120. The predicted octanol–water partition coefficient (Wildman–Crippen LogP) is 3.88. The van der Waals surface area contributed by atoms with Crippen LogP contribution in [0.5, 0.6) is 0 Å². The van der Waals surface area contributed by atoms with E-state index in [1.807, 2.05) is 18.2 Å². The number of hydrogen-bond donors (Lipinski definition) is 0. The van der Waals surface area contributed by atoms with Crippen LogP contribution in [0.2, 0.25) is 0 Å². The molecule has 0 spiro atoms. The van der Waals surface area contributed by atoms with Crippen LogP contribution in [-0.2, 0) is 0 Å². The number of hydrogen-bond acceptors (Lipinski definition) is 4. The highest BCUT2D eigenvalue weighted by molar-refractivity contribution is 5.89. The standard InChI is InChI=1S/C20H18FN5/c1-13-24-18-4-2-3-5-19(18)26(13)15-8-9-25(11-15)20-16-10-14(21)6-7-17(16)22-12-23-20/h2-7,10,12,15H,8-9,11H2,1H3. The maximum Gasteiger partial charge on any atom is 0.140 e. The zero-order valence-electron chi connectivity index (χ0n) is 14.4. The van der Waals surface area contributed by atoms with Gasteiger partial charge >= 0.3 is 0 Å². The molecule has 1 fully saturated rings. The van der Waals surface area contributed by atoms with Gasteiger partial charge in [0.1, 0.15) is 23.8 Å². The summed E-state index contributed by atoms with van der Waals surface area (Å²) >= 11 is 0. The highest BCUT2D eigenvalue weighted by Crippen LogP contribution is 2.32. The van der Waals surface area contributed by atoms with Crippen LogP contribution in [-0.4, -0.2) is 32.6 Å². The first kappa shape index (κ1) is 15.3. The van der Waals surface area contributed by atoms with Crippen LogP contribution in [0.3, 0.4) is 0 Å². The predicted molar refractivity (Wildman–Crippen MR) is 99.8 cm³/mol. The molecule has 4 aromatic rings. The fraction of sp³-hybridized carbons (Fsp3) is 0.250. The number of para-hydroxylation sites is 2. The smallest absolute Gasteiger partial charge is 0.140 e. The van der Waals surface area contributed by atoms with E-state index in [-0.39, 0.29) is 5.82 Å². The van der Waals surface area contributed by atoms with Gasteiger partial charge in [0.2, 0.25) is 0 Å². The van der Waals surface area contributed by atoms with Crippen molar-refractivity contribution in [3.8, 4) is 0 Å². The Morgan fingerprint density at radius 3 is 2.88 bits per heavy atom. The molecule has 6 heteroatoms. The minimum atomic E-state index is -0.263. The lowest BCUT2D eigenvalue weighted by Gasteiger charge is -2.20. The maximum absolute atomic E-state index is 13.7. The fourth-order valence-corrected chi connectivity index (χ4v) is 4.04. The molecule has 5 nitrogen and oxygen atoms in total. The number of benzene rings is 2. The number of fused-ring (bicyclic) bond motifs is 2. The zero-order chi connectivity index (χ0) is 17.7. The molecule has 1 saturated heterocycles. The minimum absolute atomic E-state index is 0.263. The average molecular weight is 347 g/mol. The van der Waals surface area contributed by atoms with Crippen molar-refractivity contribution in [1.29, 1.82) is 0 Å². The molecule has 1 aliphatic heterocycles. The second kappa shape index (κ2) is 5.76. The Labute approximate surface area is 150 Å². The maximum atomic E-state index is 13.7. The Balaban J connectivity index is 1.53. The molecular formula is C20H18FN5. The van der Waals surface area contributed by atoms with Crippen LogP contribution in [0.1, 0.15) is 18.3 Å². The van der Waals surface area contributed by atoms with E-state index in [0.29, 0.717) is 6.04 Å². The van der Waals surface area contributed by atoms with Crippen molar-refractivity contribution < 1.29 is 4.39 Å². The summed E-state index contributed by atoms with van der Waals surface area (Å²) < 4.78 is 16.1. The SMILES string of the molecule is Cc1nc2ccccc2n1C1CCN(c2ncnc3ccc(F)cc23)C1. The Hall–Kier alpha value is -3.02. The van der Waals surface area contributed by atoms with Gasteiger partial charge in [0, 0.05) is 18.5 Å². The van der Waals surface area contributed by atoms with Crippen molar-refractivity contribution >= 4 is 27.8 Å². The lowest BCUT2D eigenvalue weighted by molar-refractivity contribution is 0.553. The second-order valence-corrected chi connectivity index (χ2v) is 6.76. The molecule has 26 heavy (non-hydrogen) atoms. The van der Waals surface area contributed by atoms with Crippen molar-refractivity contribution in [3.63, 3.8) is 0 Å². The molecule has 1 unspecified atom stereocenters. The summed E-state index contributed by atoms with van der Waals surface area (Å²) in [7, 11) is 0. The monoisotopic (exact) mass is 347 g/mol. The normalized spacial score (nSPS) is 17.5. The summed E-state index contributed by atoms with van der Waals surface area (Å²) in [4.78, 5) is 15.6. The number of aromatic nitrogens is 4. The summed E-state index contributed by atoms with van der Waals surface area (Å²) in [6.07, 6.45) is 2.56. The highest BCUT2D eigenvalue weighted by atomic mass is 19.1. The number of anilines is 1. The average Bonchev–Trinajstić information content (AvgIpc) is 3.24. The van der Waals surface area contributed by atoms with Gasteiger partial charge in [-0.3, -0.25) is 0 Å². The van der Waals surface area contributed by atoms with E-state index < -0.39 is 0 Å². The van der Waals surface area contributed by atoms with Crippen molar-refractivity contribution in [3.05, 3.63) is 60.4 Å². The molecule has 0 aliphatic carbocycles. The minimum Gasteiger partial charge on any atom is -0.354 e. The third kappa shape index (κ3) is 2.33. The second-order valence-electron chi connectivity index (χ2n) is 6.76. The molecule has 130 valence electrons. The molecule has 2 aromatic heterocycles. The van der Waals surface area contributed by atoms with E-state index in [0.717, 1.165) is 53.1 Å². The largest absolute Gasteiger partial charge is 0.354 e. The number of imidazole rings is 1. The van der Waals surface area contributed by atoms with Gasteiger partial charge in [0.15, 0.2) is 0 Å². The Morgan fingerprint density at radius 1 is 1.08 bits per heavy atom. The Kier molecular flexibility index (Phi) is 3.38. The van der Waals surface area contributed by atoms with Gasteiger partial charge < -0.3 is 9.47 Å². The lowest BCUT2D eigenvalue weighted by Crippen LogP contribution is -2.22.